The molecule has 0 aliphatic carbocycles. The molecule has 2 rings (SSSR count). The van der Waals surface area contributed by atoms with Crippen LogP contribution in [0.1, 0.15) is 24.2 Å². The fourth-order valence-corrected chi connectivity index (χ4v) is 2.78. The van der Waals surface area contributed by atoms with Crippen LogP contribution in [0.2, 0.25) is 5.02 Å². The van der Waals surface area contributed by atoms with Gasteiger partial charge >= 0.3 is 0 Å². The molecule has 4 nitrogen and oxygen atoms in total. The lowest BCUT2D eigenvalue weighted by molar-refractivity contribution is 0.170. The molecule has 2 N–H and O–H groups in total. The van der Waals surface area contributed by atoms with Crippen molar-refractivity contribution in [2.24, 2.45) is 0 Å². The summed E-state index contributed by atoms with van der Waals surface area (Å²) in [5, 5.41) is 14.2. The maximum atomic E-state index is 10.3. The van der Waals surface area contributed by atoms with Gasteiger partial charge in [0.2, 0.25) is 0 Å². The molecular formula is C19H24ClNO3. The molecule has 0 saturated heterocycles. The van der Waals surface area contributed by atoms with Gasteiger partial charge in [0.05, 0.1) is 20.3 Å². The molecule has 0 amide bonds. The summed E-state index contributed by atoms with van der Waals surface area (Å²) in [6.07, 6.45) is 0.236. The second kappa shape index (κ2) is 8.92. The van der Waals surface area contributed by atoms with E-state index in [0.29, 0.717) is 11.6 Å². The van der Waals surface area contributed by atoms with Crippen molar-refractivity contribution in [3.05, 3.63) is 58.6 Å². The molecule has 2 aromatic carbocycles. The van der Waals surface area contributed by atoms with Gasteiger partial charge in [-0.15, -0.1) is 0 Å². The molecule has 2 aromatic rings. The Balaban J connectivity index is 1.90. The quantitative estimate of drug-likeness (QED) is 0.764. The van der Waals surface area contributed by atoms with Crippen molar-refractivity contribution in [3.63, 3.8) is 0 Å². The third-order valence-corrected chi connectivity index (χ3v) is 4.12. The highest BCUT2D eigenvalue weighted by molar-refractivity contribution is 6.30. The molecule has 0 aromatic heterocycles. The molecule has 2 atom stereocenters. The molecule has 0 heterocycles. The van der Waals surface area contributed by atoms with Gasteiger partial charge < -0.3 is 19.9 Å². The zero-order chi connectivity index (χ0) is 17.5. The van der Waals surface area contributed by atoms with Crippen LogP contribution in [0.3, 0.4) is 0 Å². The third kappa shape index (κ3) is 5.13. The fourth-order valence-electron chi connectivity index (χ4n) is 2.58. The predicted molar refractivity (Wildman–Crippen MR) is 97.1 cm³/mol. The highest BCUT2D eigenvalue weighted by Gasteiger charge is 2.11. The SMILES string of the molecule is COc1ccc(CC(C)NCC(O)c2cccc(Cl)c2)cc1OC. The molecule has 0 radical (unpaired) electrons. The second-order valence-electron chi connectivity index (χ2n) is 5.77. The van der Waals surface area contributed by atoms with Crippen LogP contribution in [0, 0.1) is 0 Å². The number of halogens is 1. The number of ether oxygens (including phenoxy) is 2. The first-order chi connectivity index (χ1) is 11.5. The second-order valence-corrected chi connectivity index (χ2v) is 6.21. The molecule has 0 fully saturated rings. The van der Waals surface area contributed by atoms with Crippen LogP contribution in [-0.4, -0.2) is 31.9 Å². The molecule has 2 unspecified atom stereocenters. The van der Waals surface area contributed by atoms with Crippen LogP contribution >= 0.6 is 11.6 Å². The van der Waals surface area contributed by atoms with Gasteiger partial charge in [0.1, 0.15) is 0 Å². The zero-order valence-electron chi connectivity index (χ0n) is 14.3. The third-order valence-electron chi connectivity index (χ3n) is 3.88. The maximum Gasteiger partial charge on any atom is 0.160 e. The number of rotatable bonds is 8. The van der Waals surface area contributed by atoms with Crippen molar-refractivity contribution < 1.29 is 14.6 Å². The number of methoxy groups -OCH3 is 2. The zero-order valence-corrected chi connectivity index (χ0v) is 15.0. The van der Waals surface area contributed by atoms with E-state index in [1.54, 1.807) is 26.4 Å². The van der Waals surface area contributed by atoms with E-state index in [0.717, 1.165) is 29.0 Å². The van der Waals surface area contributed by atoms with Gasteiger partial charge in [0.25, 0.3) is 0 Å². The summed E-state index contributed by atoms with van der Waals surface area (Å²) in [6.45, 7) is 2.55. The Hall–Kier alpha value is -1.75. The number of aliphatic hydroxyl groups excluding tert-OH is 1. The van der Waals surface area contributed by atoms with Crippen LogP contribution in [0.25, 0.3) is 0 Å². The number of benzene rings is 2. The van der Waals surface area contributed by atoms with Crippen molar-refractivity contribution in [3.8, 4) is 11.5 Å². The normalized spacial score (nSPS) is 13.4. The summed E-state index contributed by atoms with van der Waals surface area (Å²) in [6, 6.07) is 13.4. The number of hydrogen-bond donors (Lipinski definition) is 2. The van der Waals surface area contributed by atoms with Crippen molar-refractivity contribution in [1.82, 2.24) is 5.32 Å². The minimum Gasteiger partial charge on any atom is -0.493 e. The minimum atomic E-state index is -0.587. The van der Waals surface area contributed by atoms with Crippen molar-refractivity contribution in [2.45, 2.75) is 25.5 Å². The minimum absolute atomic E-state index is 0.205. The summed E-state index contributed by atoms with van der Waals surface area (Å²) in [5.41, 5.74) is 1.96. The average Bonchev–Trinajstić information content (AvgIpc) is 2.59. The highest BCUT2D eigenvalue weighted by atomic mass is 35.5. The first-order valence-corrected chi connectivity index (χ1v) is 8.29. The number of aliphatic hydroxyl groups is 1. The van der Waals surface area contributed by atoms with Crippen molar-refractivity contribution in [1.29, 1.82) is 0 Å². The van der Waals surface area contributed by atoms with Gasteiger partial charge in [-0.25, -0.2) is 0 Å². The predicted octanol–water partition coefficient (Wildman–Crippen LogP) is 3.61. The Kier molecular flexibility index (Phi) is 6.91. The van der Waals surface area contributed by atoms with Gasteiger partial charge in [0.15, 0.2) is 11.5 Å². The monoisotopic (exact) mass is 349 g/mol. The maximum absolute atomic E-state index is 10.3. The molecule has 0 aliphatic rings. The van der Waals surface area contributed by atoms with Crippen molar-refractivity contribution in [2.75, 3.05) is 20.8 Å². The van der Waals surface area contributed by atoms with E-state index in [2.05, 4.69) is 12.2 Å². The van der Waals surface area contributed by atoms with Gasteiger partial charge in [0, 0.05) is 17.6 Å². The summed E-state index contributed by atoms with van der Waals surface area (Å²) < 4.78 is 10.6. The first kappa shape index (κ1) is 18.6. The van der Waals surface area contributed by atoms with Gasteiger partial charge in [-0.05, 0) is 48.7 Å². The lowest BCUT2D eigenvalue weighted by atomic mass is 10.1. The van der Waals surface area contributed by atoms with Crippen LogP contribution in [-0.2, 0) is 6.42 Å². The Morgan fingerprint density at radius 2 is 1.83 bits per heavy atom. The molecule has 5 heteroatoms. The van der Waals surface area contributed by atoms with Crippen molar-refractivity contribution >= 4 is 11.6 Å². The summed E-state index contributed by atoms with van der Waals surface area (Å²) >= 11 is 5.96. The Bertz CT molecular complexity index is 663. The number of nitrogens with one attached hydrogen (secondary N) is 1. The van der Waals surface area contributed by atoms with E-state index in [-0.39, 0.29) is 6.04 Å². The lowest BCUT2D eigenvalue weighted by Crippen LogP contribution is -2.32. The smallest absolute Gasteiger partial charge is 0.160 e. The average molecular weight is 350 g/mol. The molecule has 24 heavy (non-hydrogen) atoms. The van der Waals surface area contributed by atoms with E-state index in [1.165, 1.54) is 0 Å². The van der Waals surface area contributed by atoms with Gasteiger partial charge in [-0.3, -0.25) is 0 Å². The largest absolute Gasteiger partial charge is 0.493 e. The van der Waals surface area contributed by atoms with Crippen LogP contribution in [0.5, 0.6) is 11.5 Å². The Morgan fingerprint density at radius 3 is 2.50 bits per heavy atom. The summed E-state index contributed by atoms with van der Waals surface area (Å²) in [7, 11) is 3.25. The molecule has 0 bridgehead atoms. The standard InChI is InChI=1S/C19H24ClNO3/c1-13(9-14-7-8-18(23-2)19(10-14)24-3)21-12-17(22)15-5-4-6-16(20)11-15/h4-8,10-11,13,17,21-22H,9,12H2,1-3H3. The topological polar surface area (TPSA) is 50.7 Å². The van der Waals surface area contributed by atoms with E-state index in [4.69, 9.17) is 21.1 Å². The van der Waals surface area contributed by atoms with E-state index in [9.17, 15) is 5.11 Å². The summed E-state index contributed by atoms with van der Waals surface area (Å²) in [5.74, 6) is 1.44. The molecule has 0 aliphatic heterocycles. The van der Waals surface area contributed by atoms with E-state index >= 15 is 0 Å². The molecule has 0 saturated carbocycles. The van der Waals surface area contributed by atoms with Crippen LogP contribution < -0.4 is 14.8 Å². The Morgan fingerprint density at radius 1 is 1.08 bits per heavy atom. The van der Waals surface area contributed by atoms with Crippen LogP contribution in [0.4, 0.5) is 0 Å². The van der Waals surface area contributed by atoms with E-state index in [1.807, 2.05) is 30.3 Å². The van der Waals surface area contributed by atoms with Gasteiger partial charge in [-0.2, -0.15) is 0 Å². The van der Waals surface area contributed by atoms with Crippen LogP contribution in [0.15, 0.2) is 42.5 Å². The molecule has 130 valence electrons. The molecular weight excluding hydrogens is 326 g/mol. The Labute approximate surface area is 148 Å². The number of hydrogen-bond acceptors (Lipinski definition) is 4. The lowest BCUT2D eigenvalue weighted by Gasteiger charge is -2.18. The highest BCUT2D eigenvalue weighted by Crippen LogP contribution is 2.28. The van der Waals surface area contributed by atoms with E-state index < -0.39 is 6.10 Å². The molecule has 0 spiro atoms. The first-order valence-electron chi connectivity index (χ1n) is 7.91. The fraction of sp³-hybridized carbons (Fsp3) is 0.368. The van der Waals surface area contributed by atoms with Gasteiger partial charge in [-0.1, -0.05) is 29.8 Å². The summed E-state index contributed by atoms with van der Waals surface area (Å²) in [4.78, 5) is 0.